The molecule has 3 fully saturated rings. The maximum Gasteiger partial charge on any atom is 0.108 e. The van der Waals surface area contributed by atoms with Crippen LogP contribution in [0.3, 0.4) is 0 Å². The fourth-order valence-electron chi connectivity index (χ4n) is 6.29. The van der Waals surface area contributed by atoms with Gasteiger partial charge in [0.1, 0.15) is 5.60 Å². The second kappa shape index (κ2) is 9.21. The quantitative estimate of drug-likeness (QED) is 0.457. The van der Waals surface area contributed by atoms with Crippen LogP contribution in [0.25, 0.3) is 0 Å². The van der Waals surface area contributed by atoms with E-state index in [2.05, 4.69) is 38.7 Å². The molecule has 0 heterocycles. The lowest BCUT2D eigenvalue weighted by molar-refractivity contribution is -0.0886. The van der Waals surface area contributed by atoms with Gasteiger partial charge in [-0.3, -0.25) is 0 Å². The summed E-state index contributed by atoms with van der Waals surface area (Å²) < 4.78 is 0. The lowest BCUT2D eigenvalue weighted by Crippen LogP contribution is -2.46. The van der Waals surface area contributed by atoms with Crippen molar-refractivity contribution in [2.45, 2.75) is 103 Å². The molecule has 4 N–H and O–H groups in total. The summed E-state index contributed by atoms with van der Waals surface area (Å²) in [5.74, 6) is 1.39. The van der Waals surface area contributed by atoms with Crippen LogP contribution in [-0.2, 0) is 0 Å². The maximum atomic E-state index is 10.6. The van der Waals surface area contributed by atoms with Crippen LogP contribution in [0.2, 0.25) is 0 Å². The minimum Gasteiger partial charge on any atom is -0.393 e. The van der Waals surface area contributed by atoms with Gasteiger partial charge in [0, 0.05) is 6.42 Å². The molecule has 32 heavy (non-hydrogen) atoms. The average Bonchev–Trinajstić information content (AvgIpc) is 3.04. The van der Waals surface area contributed by atoms with Crippen molar-refractivity contribution in [1.82, 2.24) is 0 Å². The van der Waals surface area contributed by atoms with E-state index < -0.39 is 23.4 Å². The largest absolute Gasteiger partial charge is 0.393 e. The van der Waals surface area contributed by atoms with E-state index in [1.54, 1.807) is 26.8 Å². The zero-order valence-corrected chi connectivity index (χ0v) is 20.6. The summed E-state index contributed by atoms with van der Waals surface area (Å²) in [4.78, 5) is 0. The Balaban J connectivity index is 1.78. The number of fused-ring (bicyclic) bond motifs is 1. The van der Waals surface area contributed by atoms with Crippen molar-refractivity contribution in [3.8, 4) is 0 Å². The molecule has 0 radical (unpaired) electrons. The van der Waals surface area contributed by atoms with Crippen molar-refractivity contribution in [3.63, 3.8) is 0 Å². The highest BCUT2D eigenvalue weighted by Gasteiger charge is 2.50. The summed E-state index contributed by atoms with van der Waals surface area (Å²) in [6, 6.07) is 0. The van der Waals surface area contributed by atoms with Gasteiger partial charge in [0.15, 0.2) is 0 Å². The van der Waals surface area contributed by atoms with Gasteiger partial charge in [-0.1, -0.05) is 50.3 Å². The van der Waals surface area contributed by atoms with Gasteiger partial charge in [-0.05, 0) is 93.6 Å². The van der Waals surface area contributed by atoms with Crippen LogP contribution < -0.4 is 0 Å². The lowest BCUT2D eigenvalue weighted by Gasteiger charge is -2.44. The number of aliphatic hydroxyl groups excluding tert-OH is 2. The van der Waals surface area contributed by atoms with E-state index in [0.717, 1.165) is 24.0 Å². The van der Waals surface area contributed by atoms with Crippen LogP contribution in [0.4, 0.5) is 0 Å². The average molecular weight is 445 g/mol. The molecule has 0 amide bonds. The molecule has 3 saturated carbocycles. The van der Waals surface area contributed by atoms with Gasteiger partial charge in [0.05, 0.1) is 17.8 Å². The smallest absolute Gasteiger partial charge is 0.108 e. The van der Waals surface area contributed by atoms with Crippen LogP contribution in [0.5, 0.6) is 0 Å². The Labute approximate surface area is 194 Å². The van der Waals surface area contributed by atoms with Gasteiger partial charge in [0.25, 0.3) is 0 Å². The van der Waals surface area contributed by atoms with Crippen molar-refractivity contribution < 1.29 is 20.4 Å². The molecule has 4 nitrogen and oxygen atoms in total. The number of aliphatic hydroxyl groups is 4. The summed E-state index contributed by atoms with van der Waals surface area (Å²) >= 11 is 0. The molecule has 0 aromatic heterocycles. The summed E-state index contributed by atoms with van der Waals surface area (Å²) in [7, 11) is 0. The highest BCUT2D eigenvalue weighted by Crippen LogP contribution is 2.59. The number of rotatable bonds is 5. The summed E-state index contributed by atoms with van der Waals surface area (Å²) in [6.45, 7) is 13.7. The molecular formula is C28H44O4. The molecule has 0 bridgehead atoms. The van der Waals surface area contributed by atoms with Crippen LogP contribution in [0, 0.1) is 23.2 Å². The van der Waals surface area contributed by atoms with Gasteiger partial charge >= 0.3 is 0 Å². The summed E-state index contributed by atoms with van der Waals surface area (Å²) in [5, 5.41) is 41.1. The molecule has 0 aliphatic heterocycles. The normalized spacial score (nSPS) is 39.5. The summed E-state index contributed by atoms with van der Waals surface area (Å²) in [5.41, 5.74) is 0.958. The van der Waals surface area contributed by atoms with Crippen LogP contribution in [0.1, 0.15) is 79.6 Å². The third kappa shape index (κ3) is 4.99. The first-order valence-electron chi connectivity index (χ1n) is 12.4. The summed E-state index contributed by atoms with van der Waals surface area (Å²) in [6.07, 6.45) is 13.8. The SMILES string of the molecule is C=C1/C(=C/C=C2\CCC[C@]3(C)[C@@H]([C@H](C)/C=C/[C@@](C)(O)C(C)(C)O)CC[C@@H]23)C[C@@H](O)C[C@@H]1O. The van der Waals surface area contributed by atoms with Crippen molar-refractivity contribution in [3.05, 3.63) is 47.6 Å². The topological polar surface area (TPSA) is 80.9 Å². The molecule has 0 unspecified atom stereocenters. The third-order valence-corrected chi connectivity index (χ3v) is 8.90. The highest BCUT2D eigenvalue weighted by atomic mass is 16.3. The standard InChI is InChI=1S/C28H44O4/c1-18(13-15-28(6,32)26(3,4)31)23-11-12-24-20(8-7-14-27(23,24)5)9-10-21-16-22(29)17-25(30)19(21)2/h9-10,13,15,18,22-25,29-32H,2,7-8,11-12,14,16-17H2,1,3-6H3/b15-13+,20-9+,21-10+/t18-,22-,23-,24+,25+,27-,28-/m1/s1. The van der Waals surface area contributed by atoms with Gasteiger partial charge in [-0.15, -0.1) is 0 Å². The molecule has 0 aromatic rings. The first kappa shape index (κ1) is 25.4. The van der Waals surface area contributed by atoms with E-state index in [9.17, 15) is 20.4 Å². The zero-order chi connectivity index (χ0) is 23.9. The molecule has 180 valence electrons. The molecule has 7 atom stereocenters. The van der Waals surface area contributed by atoms with E-state index in [4.69, 9.17) is 0 Å². The minimum absolute atomic E-state index is 0.218. The monoisotopic (exact) mass is 444 g/mol. The molecule has 4 heteroatoms. The van der Waals surface area contributed by atoms with Crippen molar-refractivity contribution in [1.29, 1.82) is 0 Å². The minimum atomic E-state index is -1.26. The Morgan fingerprint density at radius 3 is 2.47 bits per heavy atom. The predicted molar refractivity (Wildman–Crippen MR) is 130 cm³/mol. The molecule has 3 aliphatic rings. The first-order valence-corrected chi connectivity index (χ1v) is 12.4. The lowest BCUT2D eigenvalue weighted by atomic mass is 9.61. The van der Waals surface area contributed by atoms with Crippen LogP contribution in [0.15, 0.2) is 47.6 Å². The van der Waals surface area contributed by atoms with Gasteiger partial charge in [-0.25, -0.2) is 0 Å². The molecular weight excluding hydrogens is 400 g/mol. The second-order valence-electron chi connectivity index (χ2n) is 11.6. The Hall–Kier alpha value is -1.20. The third-order valence-electron chi connectivity index (χ3n) is 8.90. The highest BCUT2D eigenvalue weighted by molar-refractivity contribution is 5.38. The Kier molecular flexibility index (Phi) is 7.32. The van der Waals surface area contributed by atoms with E-state index in [0.29, 0.717) is 30.6 Å². The van der Waals surface area contributed by atoms with E-state index in [-0.39, 0.29) is 5.41 Å². The van der Waals surface area contributed by atoms with Gasteiger partial charge < -0.3 is 20.4 Å². The van der Waals surface area contributed by atoms with E-state index >= 15 is 0 Å². The number of hydrogen-bond acceptors (Lipinski definition) is 4. The Morgan fingerprint density at radius 1 is 1.12 bits per heavy atom. The maximum absolute atomic E-state index is 10.6. The fraction of sp³-hybridized carbons (Fsp3) is 0.714. The fourth-order valence-corrected chi connectivity index (χ4v) is 6.29. The number of hydrogen-bond donors (Lipinski definition) is 4. The molecule has 0 spiro atoms. The second-order valence-corrected chi connectivity index (χ2v) is 11.6. The van der Waals surface area contributed by atoms with Crippen LogP contribution >= 0.6 is 0 Å². The van der Waals surface area contributed by atoms with Crippen molar-refractivity contribution in [2.24, 2.45) is 23.2 Å². The first-order chi connectivity index (χ1) is 14.8. The van der Waals surface area contributed by atoms with Gasteiger partial charge in [-0.2, -0.15) is 0 Å². The van der Waals surface area contributed by atoms with Crippen molar-refractivity contribution >= 4 is 0 Å². The van der Waals surface area contributed by atoms with Gasteiger partial charge in [0.2, 0.25) is 0 Å². The van der Waals surface area contributed by atoms with Crippen molar-refractivity contribution in [2.75, 3.05) is 0 Å². The van der Waals surface area contributed by atoms with E-state index in [1.807, 2.05) is 0 Å². The number of allylic oxidation sites excluding steroid dienone is 4. The zero-order valence-electron chi connectivity index (χ0n) is 20.6. The predicted octanol–water partition coefficient (Wildman–Crippen LogP) is 4.84. The molecule has 3 rings (SSSR count). The Morgan fingerprint density at radius 2 is 1.81 bits per heavy atom. The molecule has 0 aromatic carbocycles. The van der Waals surface area contributed by atoms with E-state index in [1.165, 1.54) is 24.8 Å². The van der Waals surface area contributed by atoms with Crippen LogP contribution in [-0.4, -0.2) is 43.8 Å². The molecule has 0 saturated heterocycles. The Bertz CT molecular complexity index is 797. The molecule has 3 aliphatic carbocycles.